The van der Waals surface area contributed by atoms with Crippen LogP contribution in [0.15, 0.2) is 276 Å². The summed E-state index contributed by atoms with van der Waals surface area (Å²) >= 11 is 0. The molecule has 0 spiro atoms. The minimum absolute atomic E-state index is 0.830. The van der Waals surface area contributed by atoms with Crippen molar-refractivity contribution in [1.29, 1.82) is 0 Å². The Hall–Kier alpha value is -10.4. The van der Waals surface area contributed by atoms with E-state index < -0.39 is 0 Å². The van der Waals surface area contributed by atoms with Crippen molar-refractivity contribution in [3.05, 3.63) is 267 Å². The van der Waals surface area contributed by atoms with Crippen LogP contribution < -0.4 is 14.5 Å². The molecule has 15 aromatic rings. The highest BCUT2D eigenvalue weighted by molar-refractivity contribution is 6.26. The van der Waals surface area contributed by atoms with Crippen LogP contribution in [-0.4, -0.2) is 0 Å². The molecule has 13 aromatic carbocycles. The summed E-state index contributed by atoms with van der Waals surface area (Å²) in [5, 5.41) is 11.2. The average Bonchev–Trinajstić information content (AvgIpc) is 4.21. The maximum absolute atomic E-state index is 7.00. The van der Waals surface area contributed by atoms with Crippen molar-refractivity contribution >= 4 is 110 Å². The molecule has 1 aliphatic heterocycles. The normalized spacial score (nSPS) is 12.0. The fraction of sp³-hybridized carbons (Fsp3) is 0. The average molecular weight is 985 g/mol. The molecule has 3 heterocycles. The number of benzene rings is 13. The van der Waals surface area contributed by atoms with Crippen LogP contribution in [0, 0.1) is 0 Å². The van der Waals surface area contributed by atoms with Gasteiger partial charge in [-0.25, -0.2) is 0 Å². The molecule has 0 atom stereocenters. The highest BCUT2D eigenvalue weighted by Crippen LogP contribution is 2.53. The number of rotatable bonds is 8. The molecule has 0 unspecified atom stereocenters. The van der Waals surface area contributed by atoms with E-state index in [4.69, 9.17) is 13.6 Å². The third kappa shape index (κ3) is 6.74. The van der Waals surface area contributed by atoms with Gasteiger partial charge < -0.3 is 23.4 Å². The zero-order valence-electron chi connectivity index (χ0n) is 41.5. The van der Waals surface area contributed by atoms with Gasteiger partial charge in [-0.2, -0.15) is 0 Å². The lowest BCUT2D eigenvalue weighted by molar-refractivity contribution is 0.487. The number of nitrogens with zero attached hydrogens (tertiary/aromatic N) is 2. The Kier molecular flexibility index (Phi) is 9.57. The fourth-order valence-electron chi connectivity index (χ4n) is 12.2. The molecule has 0 bridgehead atoms. The van der Waals surface area contributed by atoms with E-state index in [9.17, 15) is 0 Å². The minimum Gasteiger partial charge on any atom is -0.456 e. The second-order valence-corrected chi connectivity index (χ2v) is 19.9. The van der Waals surface area contributed by atoms with E-state index in [1.165, 1.54) is 10.8 Å². The van der Waals surface area contributed by atoms with Crippen molar-refractivity contribution in [2.45, 2.75) is 0 Å². The van der Waals surface area contributed by atoms with Crippen molar-refractivity contribution in [3.8, 4) is 44.9 Å². The summed E-state index contributed by atoms with van der Waals surface area (Å²) in [5.74, 6) is 1.67. The molecule has 5 nitrogen and oxygen atoms in total. The first kappa shape index (κ1) is 43.1. The fourth-order valence-corrected chi connectivity index (χ4v) is 12.2. The first-order valence-electron chi connectivity index (χ1n) is 26.1. The van der Waals surface area contributed by atoms with Crippen LogP contribution in [-0.2, 0) is 0 Å². The molecule has 0 saturated carbocycles. The van der Waals surface area contributed by atoms with Gasteiger partial charge in [-0.3, -0.25) is 0 Å². The van der Waals surface area contributed by atoms with E-state index in [-0.39, 0.29) is 0 Å². The van der Waals surface area contributed by atoms with E-state index >= 15 is 0 Å². The monoisotopic (exact) mass is 984 g/mol. The number of furan rings is 2. The Balaban J connectivity index is 0.824. The van der Waals surface area contributed by atoms with Crippen molar-refractivity contribution in [3.63, 3.8) is 0 Å². The second-order valence-electron chi connectivity index (χ2n) is 19.9. The summed E-state index contributed by atoms with van der Waals surface area (Å²) < 4.78 is 20.4. The highest BCUT2D eigenvalue weighted by atomic mass is 16.5. The highest BCUT2D eigenvalue weighted by Gasteiger charge is 2.27. The summed E-state index contributed by atoms with van der Waals surface area (Å²) in [7, 11) is 0. The zero-order chi connectivity index (χ0) is 50.6. The second kappa shape index (κ2) is 17.1. The van der Waals surface area contributed by atoms with Gasteiger partial charge in [-0.1, -0.05) is 182 Å². The molecular weight excluding hydrogens is 941 g/mol. The molecule has 2 aromatic heterocycles. The molecule has 1 aliphatic rings. The lowest BCUT2D eigenvalue weighted by Crippen LogP contribution is -2.11. The van der Waals surface area contributed by atoms with Gasteiger partial charge in [0.15, 0.2) is 11.2 Å². The van der Waals surface area contributed by atoms with Gasteiger partial charge >= 0.3 is 0 Å². The molecule has 0 aliphatic carbocycles. The summed E-state index contributed by atoms with van der Waals surface area (Å²) in [5.41, 5.74) is 16.2. The first-order valence-corrected chi connectivity index (χ1v) is 26.1. The lowest BCUT2D eigenvalue weighted by atomic mass is 9.87. The zero-order valence-corrected chi connectivity index (χ0v) is 41.5. The number of fused-ring (bicyclic) bond motifs is 12. The Morgan fingerprint density at radius 2 is 0.766 bits per heavy atom. The smallest absolute Gasteiger partial charge is 0.159 e. The van der Waals surface area contributed by atoms with Crippen LogP contribution in [0.25, 0.3) is 110 Å². The molecule has 0 N–H and O–H groups in total. The van der Waals surface area contributed by atoms with Gasteiger partial charge in [-0.15, -0.1) is 0 Å². The first-order chi connectivity index (χ1) is 38.2. The molecule has 0 fully saturated rings. The maximum atomic E-state index is 7.00. The number of ether oxygens (including phenoxy) is 1. The van der Waals surface area contributed by atoms with Crippen LogP contribution in [0.5, 0.6) is 11.5 Å². The van der Waals surface area contributed by atoms with Gasteiger partial charge in [0, 0.05) is 54.8 Å². The van der Waals surface area contributed by atoms with Gasteiger partial charge in [-0.05, 0) is 129 Å². The Morgan fingerprint density at radius 1 is 0.247 bits per heavy atom. The number of anilines is 6. The Bertz CT molecular complexity index is 4850. The van der Waals surface area contributed by atoms with Crippen molar-refractivity contribution in [2.24, 2.45) is 0 Å². The standard InChI is InChI=1S/C72H44N2O3/c1-3-18-46(19-4-1)50-22-9-12-30-62(50)73(63-31-15-28-57-53-25-10-13-33-66(53)76-71(57)63)49-39-36-45(37-40-49)47-38-41-55-61-43-59-51-23-7-8-24-52(51)65(44-60(59)56-27-17-35-68(70(56)61)75-69(55)42-47)74(48-20-5-2-6-21-48)64-32-16-29-58-54-26-11-14-34-67(54)77-72(58)64/h1-44H. The minimum atomic E-state index is 0.830. The summed E-state index contributed by atoms with van der Waals surface area (Å²) in [4.78, 5) is 4.70. The lowest BCUT2D eigenvalue weighted by Gasteiger charge is -2.28. The summed E-state index contributed by atoms with van der Waals surface area (Å²) in [6, 6.07) is 94.9. The van der Waals surface area contributed by atoms with E-state index in [0.29, 0.717) is 0 Å². The third-order valence-corrected chi connectivity index (χ3v) is 15.6. The number of hydrogen-bond donors (Lipinski definition) is 0. The van der Waals surface area contributed by atoms with Crippen LogP contribution in [0.1, 0.15) is 0 Å². The quantitative estimate of drug-likeness (QED) is 0.142. The van der Waals surface area contributed by atoms with Crippen molar-refractivity contribution in [1.82, 2.24) is 0 Å². The molecule has 0 radical (unpaired) electrons. The molecule has 360 valence electrons. The van der Waals surface area contributed by atoms with Crippen LogP contribution in [0.2, 0.25) is 0 Å². The molecule has 0 amide bonds. The predicted molar refractivity (Wildman–Crippen MR) is 319 cm³/mol. The van der Waals surface area contributed by atoms with E-state index in [1.807, 2.05) is 18.2 Å². The molecular formula is C72H44N2O3. The van der Waals surface area contributed by atoms with E-state index in [0.717, 1.165) is 144 Å². The molecule has 77 heavy (non-hydrogen) atoms. The van der Waals surface area contributed by atoms with Gasteiger partial charge in [0.25, 0.3) is 0 Å². The predicted octanol–water partition coefficient (Wildman–Crippen LogP) is 21.0. The number of hydrogen-bond acceptors (Lipinski definition) is 5. The van der Waals surface area contributed by atoms with Gasteiger partial charge in [0.2, 0.25) is 0 Å². The SMILES string of the molecule is c1ccc(-c2ccccc2N(c2ccc(-c3ccc4c(c3)Oc3cccc5c3c-4cc3c4ccccc4c(N(c4ccccc4)c4cccc6c4oc4ccccc46)cc53)cc2)c2cccc3c2oc2ccccc23)cc1. The van der Waals surface area contributed by atoms with Crippen LogP contribution in [0.3, 0.4) is 0 Å². The van der Waals surface area contributed by atoms with Crippen molar-refractivity contribution in [2.75, 3.05) is 9.80 Å². The van der Waals surface area contributed by atoms with Gasteiger partial charge in [0.1, 0.15) is 22.7 Å². The maximum Gasteiger partial charge on any atom is 0.159 e. The Labute approximate surface area is 443 Å². The molecule has 5 heteroatoms. The topological polar surface area (TPSA) is 42.0 Å². The van der Waals surface area contributed by atoms with E-state index in [1.54, 1.807) is 0 Å². The largest absolute Gasteiger partial charge is 0.456 e. The number of para-hydroxylation sites is 6. The van der Waals surface area contributed by atoms with E-state index in [2.05, 4.69) is 259 Å². The van der Waals surface area contributed by atoms with Crippen LogP contribution in [0.4, 0.5) is 34.1 Å². The third-order valence-electron chi connectivity index (χ3n) is 15.6. The molecule has 16 rings (SSSR count). The van der Waals surface area contributed by atoms with Gasteiger partial charge in [0.05, 0.1) is 22.7 Å². The summed E-state index contributed by atoms with van der Waals surface area (Å²) in [6.07, 6.45) is 0. The molecule has 0 saturated heterocycles. The van der Waals surface area contributed by atoms with Crippen LogP contribution >= 0.6 is 0 Å². The Morgan fingerprint density at radius 3 is 1.48 bits per heavy atom. The van der Waals surface area contributed by atoms with Crippen molar-refractivity contribution < 1.29 is 13.6 Å². The summed E-state index contributed by atoms with van der Waals surface area (Å²) in [6.45, 7) is 0.